The summed E-state index contributed by atoms with van der Waals surface area (Å²) in [5.41, 5.74) is 2.20. The summed E-state index contributed by atoms with van der Waals surface area (Å²) in [6.45, 7) is 0.942. The van der Waals surface area contributed by atoms with Gasteiger partial charge in [0, 0.05) is 17.5 Å². The lowest BCUT2D eigenvalue weighted by Gasteiger charge is -2.20. The van der Waals surface area contributed by atoms with Gasteiger partial charge in [-0.1, -0.05) is 24.3 Å². The molecule has 1 atom stereocenters. The van der Waals surface area contributed by atoms with Crippen LogP contribution in [0.15, 0.2) is 47.3 Å². The van der Waals surface area contributed by atoms with E-state index in [0.717, 1.165) is 16.8 Å². The Kier molecular flexibility index (Phi) is 6.41. The van der Waals surface area contributed by atoms with Crippen LogP contribution >= 0.6 is 0 Å². The number of carbonyl (C=O) groups is 1. The first-order chi connectivity index (χ1) is 14.3. The Morgan fingerprint density at radius 1 is 1.20 bits per heavy atom. The molecule has 1 amide bonds. The first-order valence-electron chi connectivity index (χ1n) is 9.23. The van der Waals surface area contributed by atoms with Crippen molar-refractivity contribution in [3.8, 4) is 0 Å². The molecule has 30 heavy (non-hydrogen) atoms. The highest BCUT2D eigenvalue weighted by molar-refractivity contribution is 6.08. The standard InChI is InChI=1S/C21H20F3N3O3/c1-12-17(20(29)26-19(28)13-5-2-6-14(23)11-13)15-7-3-8-16(24)18(15)21(30)27(12)25-10-4-9-22/h2-3,5-8,11,19,25,28H,4,9-10H2,1H3,(H,26,29)/t19-/m0/s1. The van der Waals surface area contributed by atoms with E-state index in [9.17, 15) is 27.9 Å². The molecule has 0 aliphatic rings. The second-order valence-corrected chi connectivity index (χ2v) is 6.65. The molecule has 3 rings (SSSR count). The molecule has 3 aromatic rings. The van der Waals surface area contributed by atoms with E-state index in [1.165, 1.54) is 37.3 Å². The molecule has 0 fully saturated rings. The van der Waals surface area contributed by atoms with Crippen LogP contribution in [0.2, 0.25) is 0 Å². The lowest BCUT2D eigenvalue weighted by Crippen LogP contribution is -2.36. The topological polar surface area (TPSA) is 83.4 Å². The van der Waals surface area contributed by atoms with E-state index in [1.807, 2.05) is 0 Å². The molecule has 2 aromatic carbocycles. The number of carbonyl (C=O) groups excluding carboxylic acids is 1. The van der Waals surface area contributed by atoms with E-state index in [1.54, 1.807) is 0 Å². The van der Waals surface area contributed by atoms with Crippen molar-refractivity contribution in [3.63, 3.8) is 0 Å². The summed E-state index contributed by atoms with van der Waals surface area (Å²) in [7, 11) is 0. The van der Waals surface area contributed by atoms with E-state index in [4.69, 9.17) is 0 Å². The fraction of sp³-hybridized carbons (Fsp3) is 0.238. The molecule has 9 heteroatoms. The van der Waals surface area contributed by atoms with Crippen LogP contribution in [0.4, 0.5) is 13.2 Å². The minimum Gasteiger partial charge on any atom is -0.369 e. The zero-order chi connectivity index (χ0) is 21.8. The predicted octanol–water partition coefficient (Wildman–Crippen LogP) is 2.91. The molecule has 0 aliphatic heterocycles. The largest absolute Gasteiger partial charge is 0.369 e. The molecule has 0 bridgehead atoms. The molecular weight excluding hydrogens is 399 g/mol. The maximum absolute atomic E-state index is 14.4. The molecule has 6 nitrogen and oxygen atoms in total. The number of hydrogen-bond acceptors (Lipinski definition) is 4. The average Bonchev–Trinajstić information content (AvgIpc) is 2.70. The average molecular weight is 419 g/mol. The number of alkyl halides is 1. The molecule has 1 aromatic heterocycles. The number of pyridine rings is 1. The summed E-state index contributed by atoms with van der Waals surface area (Å²) in [6, 6.07) is 8.93. The van der Waals surface area contributed by atoms with E-state index in [0.29, 0.717) is 0 Å². The van der Waals surface area contributed by atoms with Crippen LogP contribution in [-0.2, 0) is 0 Å². The monoisotopic (exact) mass is 419 g/mol. The lowest BCUT2D eigenvalue weighted by molar-refractivity contribution is 0.0783. The first-order valence-corrected chi connectivity index (χ1v) is 9.23. The van der Waals surface area contributed by atoms with Crippen LogP contribution in [-0.4, -0.2) is 28.9 Å². The van der Waals surface area contributed by atoms with Crippen LogP contribution < -0.4 is 16.3 Å². The Labute approximate surface area is 169 Å². The molecule has 0 radical (unpaired) electrons. The predicted molar refractivity (Wildman–Crippen MR) is 107 cm³/mol. The number of aliphatic hydroxyl groups is 1. The molecule has 1 heterocycles. The highest BCUT2D eigenvalue weighted by Crippen LogP contribution is 2.22. The highest BCUT2D eigenvalue weighted by atomic mass is 19.1. The van der Waals surface area contributed by atoms with Crippen molar-refractivity contribution >= 4 is 16.7 Å². The van der Waals surface area contributed by atoms with Crippen molar-refractivity contribution in [2.45, 2.75) is 19.6 Å². The van der Waals surface area contributed by atoms with Crippen molar-refractivity contribution in [3.05, 3.63) is 81.3 Å². The zero-order valence-corrected chi connectivity index (χ0v) is 16.1. The van der Waals surface area contributed by atoms with E-state index in [2.05, 4.69) is 10.7 Å². The number of rotatable bonds is 7. The van der Waals surface area contributed by atoms with Gasteiger partial charge >= 0.3 is 0 Å². The number of nitrogens with one attached hydrogen (secondary N) is 2. The zero-order valence-electron chi connectivity index (χ0n) is 16.1. The SMILES string of the molecule is Cc1c(C(=O)N[C@@H](O)c2cccc(F)c2)c2cccc(F)c2c(=O)n1NCCCF. The van der Waals surface area contributed by atoms with Crippen molar-refractivity contribution in [2.75, 3.05) is 18.6 Å². The third kappa shape index (κ3) is 4.16. The Hall–Kier alpha value is -3.33. The smallest absolute Gasteiger partial charge is 0.279 e. The molecular formula is C21H20F3N3O3. The fourth-order valence-corrected chi connectivity index (χ4v) is 3.21. The van der Waals surface area contributed by atoms with Crippen molar-refractivity contribution in [2.24, 2.45) is 0 Å². The summed E-state index contributed by atoms with van der Waals surface area (Å²) < 4.78 is 41.3. The Morgan fingerprint density at radius 2 is 1.93 bits per heavy atom. The summed E-state index contributed by atoms with van der Waals surface area (Å²) in [4.78, 5) is 25.7. The fourth-order valence-electron chi connectivity index (χ4n) is 3.21. The number of hydrogen-bond donors (Lipinski definition) is 3. The minimum atomic E-state index is -1.53. The third-order valence-corrected chi connectivity index (χ3v) is 4.64. The van der Waals surface area contributed by atoms with Crippen molar-refractivity contribution in [1.82, 2.24) is 9.99 Å². The summed E-state index contributed by atoms with van der Waals surface area (Å²) in [5, 5.41) is 12.4. The van der Waals surface area contributed by atoms with Crippen LogP contribution in [0.1, 0.15) is 34.3 Å². The highest BCUT2D eigenvalue weighted by Gasteiger charge is 2.23. The summed E-state index contributed by atoms with van der Waals surface area (Å²) in [6.07, 6.45) is -1.42. The van der Waals surface area contributed by atoms with Crippen LogP contribution in [0, 0.1) is 18.6 Å². The summed E-state index contributed by atoms with van der Waals surface area (Å²) in [5.74, 6) is -2.20. The van der Waals surface area contributed by atoms with E-state index >= 15 is 0 Å². The Morgan fingerprint density at radius 3 is 2.63 bits per heavy atom. The van der Waals surface area contributed by atoms with Gasteiger partial charge in [0.1, 0.15) is 11.6 Å². The van der Waals surface area contributed by atoms with Gasteiger partial charge < -0.3 is 15.8 Å². The van der Waals surface area contributed by atoms with Crippen LogP contribution in [0.5, 0.6) is 0 Å². The van der Waals surface area contributed by atoms with Crippen LogP contribution in [0.25, 0.3) is 10.8 Å². The normalized spacial score (nSPS) is 12.0. The number of benzene rings is 2. The molecule has 0 saturated carbocycles. The maximum atomic E-state index is 14.4. The molecule has 0 spiro atoms. The van der Waals surface area contributed by atoms with E-state index in [-0.39, 0.29) is 40.6 Å². The van der Waals surface area contributed by atoms with E-state index < -0.39 is 36.0 Å². The maximum Gasteiger partial charge on any atom is 0.279 e. The number of amides is 1. The van der Waals surface area contributed by atoms with Crippen molar-refractivity contribution < 1.29 is 23.1 Å². The number of nitrogens with zero attached hydrogens (tertiary/aromatic N) is 1. The van der Waals surface area contributed by atoms with Gasteiger partial charge in [0.05, 0.1) is 23.3 Å². The second-order valence-electron chi connectivity index (χ2n) is 6.65. The Balaban J connectivity index is 2.08. The van der Waals surface area contributed by atoms with Gasteiger partial charge in [0.15, 0.2) is 6.23 Å². The number of halogens is 3. The number of fused-ring (bicyclic) bond motifs is 1. The van der Waals surface area contributed by atoms with Gasteiger partial charge in [-0.2, -0.15) is 0 Å². The van der Waals surface area contributed by atoms with Gasteiger partial charge in [-0.3, -0.25) is 14.0 Å². The molecule has 0 aliphatic carbocycles. The first kappa shape index (κ1) is 21.4. The van der Waals surface area contributed by atoms with Gasteiger partial charge in [-0.05, 0) is 31.5 Å². The van der Waals surface area contributed by atoms with Gasteiger partial charge in [-0.25, -0.2) is 13.5 Å². The Bertz CT molecular complexity index is 1150. The third-order valence-electron chi connectivity index (χ3n) is 4.64. The molecule has 0 unspecified atom stereocenters. The molecule has 0 saturated heterocycles. The molecule has 3 N–H and O–H groups in total. The van der Waals surface area contributed by atoms with Crippen molar-refractivity contribution in [1.29, 1.82) is 0 Å². The minimum absolute atomic E-state index is 0.0488. The number of aliphatic hydroxyl groups excluding tert-OH is 1. The number of aromatic nitrogens is 1. The molecule has 158 valence electrons. The lowest BCUT2D eigenvalue weighted by atomic mass is 10.0. The summed E-state index contributed by atoms with van der Waals surface area (Å²) >= 11 is 0. The van der Waals surface area contributed by atoms with Gasteiger partial charge in [-0.15, -0.1) is 0 Å². The quantitative estimate of drug-likeness (QED) is 0.406. The second kappa shape index (κ2) is 9.00. The van der Waals surface area contributed by atoms with Crippen LogP contribution in [0.3, 0.4) is 0 Å². The van der Waals surface area contributed by atoms with Gasteiger partial charge in [0.25, 0.3) is 11.5 Å². The van der Waals surface area contributed by atoms with Gasteiger partial charge in [0.2, 0.25) is 0 Å².